The summed E-state index contributed by atoms with van der Waals surface area (Å²) in [5, 5.41) is 11.4. The van der Waals surface area contributed by atoms with E-state index in [0.717, 1.165) is 31.7 Å². The number of ether oxygens (including phenoxy) is 2. The van der Waals surface area contributed by atoms with E-state index in [0.29, 0.717) is 13.1 Å². The van der Waals surface area contributed by atoms with Crippen molar-refractivity contribution in [2.75, 3.05) is 25.1 Å². The summed E-state index contributed by atoms with van der Waals surface area (Å²) in [5.74, 6) is -0.600. The van der Waals surface area contributed by atoms with Crippen molar-refractivity contribution in [2.24, 2.45) is 0 Å². The van der Waals surface area contributed by atoms with Gasteiger partial charge in [-0.1, -0.05) is 12.8 Å². The van der Waals surface area contributed by atoms with E-state index in [4.69, 9.17) is 9.47 Å². The Kier molecular flexibility index (Phi) is 4.15. The van der Waals surface area contributed by atoms with Crippen molar-refractivity contribution in [1.82, 2.24) is 0 Å². The van der Waals surface area contributed by atoms with Crippen molar-refractivity contribution in [3.63, 3.8) is 0 Å². The number of nitrogens with zero attached hydrogens (tertiary/aromatic N) is 2. The Bertz CT molecular complexity index is 656. The maximum absolute atomic E-state index is 14.3. The molecule has 0 aromatic heterocycles. The van der Waals surface area contributed by atoms with E-state index in [-0.39, 0.29) is 17.0 Å². The molecule has 1 aromatic carbocycles. The summed E-state index contributed by atoms with van der Waals surface area (Å²) < 4.78 is 25.7. The van der Waals surface area contributed by atoms with Gasteiger partial charge in [-0.3, -0.25) is 10.1 Å². The van der Waals surface area contributed by atoms with Crippen LogP contribution in [-0.4, -0.2) is 36.3 Å². The molecule has 1 saturated carbocycles. The van der Waals surface area contributed by atoms with Crippen LogP contribution < -0.4 is 9.64 Å². The maximum atomic E-state index is 14.3. The number of rotatable bonds is 3. The molecular formula is C17H23FN2O4. The predicted molar refractivity (Wildman–Crippen MR) is 88.2 cm³/mol. The van der Waals surface area contributed by atoms with Gasteiger partial charge in [0.25, 0.3) is 0 Å². The zero-order valence-corrected chi connectivity index (χ0v) is 14.3. The van der Waals surface area contributed by atoms with Gasteiger partial charge in [0.15, 0.2) is 0 Å². The van der Waals surface area contributed by atoms with Crippen LogP contribution in [0.15, 0.2) is 12.1 Å². The van der Waals surface area contributed by atoms with Crippen molar-refractivity contribution < 1.29 is 18.8 Å². The smallest absolute Gasteiger partial charge is 0.328 e. The summed E-state index contributed by atoms with van der Waals surface area (Å²) in [6, 6.07) is 2.60. The minimum Gasteiger partial charge on any atom is -0.497 e. The largest absolute Gasteiger partial charge is 0.497 e. The maximum Gasteiger partial charge on any atom is 0.328 e. The lowest BCUT2D eigenvalue weighted by Gasteiger charge is -2.49. The van der Waals surface area contributed by atoms with Gasteiger partial charge in [0.05, 0.1) is 23.2 Å². The summed E-state index contributed by atoms with van der Waals surface area (Å²) in [7, 11) is 1.42. The summed E-state index contributed by atoms with van der Waals surface area (Å²) in [6.45, 7) is 4.94. The van der Waals surface area contributed by atoms with E-state index < -0.39 is 22.0 Å². The Morgan fingerprint density at radius 2 is 1.96 bits per heavy atom. The number of nitro benzene ring substituents is 1. The van der Waals surface area contributed by atoms with Crippen LogP contribution >= 0.6 is 0 Å². The van der Waals surface area contributed by atoms with E-state index in [1.165, 1.54) is 7.11 Å². The van der Waals surface area contributed by atoms with Crippen LogP contribution in [0.2, 0.25) is 0 Å². The van der Waals surface area contributed by atoms with E-state index in [1.807, 2.05) is 18.7 Å². The molecule has 0 radical (unpaired) electrons. The van der Waals surface area contributed by atoms with Gasteiger partial charge in [-0.05, 0) is 26.7 Å². The van der Waals surface area contributed by atoms with Crippen LogP contribution in [0.25, 0.3) is 0 Å². The molecule has 0 amide bonds. The van der Waals surface area contributed by atoms with E-state index >= 15 is 0 Å². The first-order chi connectivity index (χ1) is 11.3. The zero-order chi connectivity index (χ0) is 17.5. The third kappa shape index (κ3) is 3.05. The third-order valence-corrected chi connectivity index (χ3v) is 4.83. The fourth-order valence-corrected chi connectivity index (χ4v) is 4.06. The van der Waals surface area contributed by atoms with E-state index in [9.17, 15) is 14.5 Å². The van der Waals surface area contributed by atoms with Crippen LogP contribution in [0.3, 0.4) is 0 Å². The molecule has 0 atom stereocenters. The highest BCUT2D eigenvalue weighted by atomic mass is 19.1. The summed E-state index contributed by atoms with van der Waals surface area (Å²) in [4.78, 5) is 12.7. The lowest BCUT2D eigenvalue weighted by Crippen LogP contribution is -2.58. The van der Waals surface area contributed by atoms with Gasteiger partial charge in [0, 0.05) is 25.2 Å². The molecule has 1 aromatic rings. The molecule has 1 aliphatic carbocycles. The second-order valence-corrected chi connectivity index (χ2v) is 7.34. The average molecular weight is 338 g/mol. The molecule has 132 valence electrons. The van der Waals surface area contributed by atoms with Crippen molar-refractivity contribution in [3.8, 4) is 5.75 Å². The topological polar surface area (TPSA) is 64.8 Å². The summed E-state index contributed by atoms with van der Waals surface area (Å²) in [6.07, 6.45) is 4.01. The number of hydrogen-bond donors (Lipinski definition) is 0. The molecule has 0 bridgehead atoms. The van der Waals surface area contributed by atoms with Crippen molar-refractivity contribution in [2.45, 2.75) is 50.7 Å². The number of benzene rings is 1. The Morgan fingerprint density at radius 1 is 1.29 bits per heavy atom. The second kappa shape index (κ2) is 5.88. The molecule has 2 fully saturated rings. The van der Waals surface area contributed by atoms with Crippen LogP contribution in [0.5, 0.6) is 5.75 Å². The van der Waals surface area contributed by atoms with Crippen LogP contribution in [-0.2, 0) is 4.74 Å². The fourth-order valence-electron chi connectivity index (χ4n) is 4.06. The Labute approximate surface area is 140 Å². The molecule has 2 aliphatic rings. The van der Waals surface area contributed by atoms with Crippen LogP contribution in [0.1, 0.15) is 39.5 Å². The van der Waals surface area contributed by atoms with E-state index in [1.54, 1.807) is 6.07 Å². The van der Waals surface area contributed by atoms with Crippen molar-refractivity contribution >= 4 is 11.4 Å². The first-order valence-corrected chi connectivity index (χ1v) is 8.22. The Balaban J connectivity index is 2.06. The molecule has 6 nitrogen and oxygen atoms in total. The summed E-state index contributed by atoms with van der Waals surface area (Å²) in [5.41, 5.74) is -1.01. The third-order valence-electron chi connectivity index (χ3n) is 4.83. The van der Waals surface area contributed by atoms with Crippen molar-refractivity contribution in [3.05, 3.63) is 28.1 Å². The molecular weight excluding hydrogens is 315 g/mol. The SMILES string of the molecule is COc1cc(F)c([N+](=O)[O-])c(N2CC(C)(C)OC3(CCCC3)C2)c1. The molecule has 0 N–H and O–H groups in total. The number of halogens is 1. The van der Waals surface area contributed by atoms with Gasteiger partial charge in [-0.15, -0.1) is 0 Å². The lowest BCUT2D eigenvalue weighted by molar-refractivity contribution is -0.386. The Morgan fingerprint density at radius 3 is 2.54 bits per heavy atom. The highest BCUT2D eigenvalue weighted by Gasteiger charge is 2.47. The minimum absolute atomic E-state index is 0.263. The first-order valence-electron chi connectivity index (χ1n) is 8.22. The van der Waals surface area contributed by atoms with Crippen LogP contribution in [0.4, 0.5) is 15.8 Å². The van der Waals surface area contributed by atoms with Crippen LogP contribution in [0, 0.1) is 15.9 Å². The number of anilines is 1. The van der Waals surface area contributed by atoms with Gasteiger partial charge in [0.2, 0.25) is 5.82 Å². The zero-order valence-electron chi connectivity index (χ0n) is 14.3. The molecule has 1 spiro atoms. The highest BCUT2D eigenvalue weighted by molar-refractivity contribution is 5.67. The molecule has 1 aliphatic heterocycles. The lowest BCUT2D eigenvalue weighted by atomic mass is 9.93. The quantitative estimate of drug-likeness (QED) is 0.621. The van der Waals surface area contributed by atoms with Crippen molar-refractivity contribution in [1.29, 1.82) is 0 Å². The predicted octanol–water partition coefficient (Wildman–Crippen LogP) is 3.67. The number of nitro groups is 1. The van der Waals surface area contributed by atoms with Gasteiger partial charge < -0.3 is 14.4 Å². The first kappa shape index (κ1) is 17.0. The molecule has 7 heteroatoms. The van der Waals surface area contributed by atoms with Gasteiger partial charge >= 0.3 is 5.69 Å². The minimum atomic E-state index is -0.876. The molecule has 24 heavy (non-hydrogen) atoms. The van der Waals surface area contributed by atoms with Gasteiger partial charge in [-0.2, -0.15) is 4.39 Å². The Hall–Kier alpha value is -1.89. The normalized spacial score (nSPS) is 21.9. The van der Waals surface area contributed by atoms with Gasteiger partial charge in [0.1, 0.15) is 11.4 Å². The molecule has 1 saturated heterocycles. The average Bonchev–Trinajstić information content (AvgIpc) is 2.91. The van der Waals surface area contributed by atoms with E-state index in [2.05, 4.69) is 0 Å². The fraction of sp³-hybridized carbons (Fsp3) is 0.647. The second-order valence-electron chi connectivity index (χ2n) is 7.34. The monoisotopic (exact) mass is 338 g/mol. The highest BCUT2D eigenvalue weighted by Crippen LogP contribution is 2.44. The number of morpholine rings is 1. The summed E-state index contributed by atoms with van der Waals surface area (Å²) >= 11 is 0. The number of methoxy groups -OCH3 is 1. The standard InChI is InChI=1S/C17H23FN2O4/c1-16(2)10-19(11-17(24-16)6-4-5-7-17)14-9-12(23-3)8-13(18)15(14)20(21)22/h8-9H,4-7,10-11H2,1-3H3. The molecule has 3 rings (SSSR count). The van der Waals surface area contributed by atoms with Gasteiger partial charge in [-0.25, -0.2) is 0 Å². The number of hydrogen-bond acceptors (Lipinski definition) is 5. The molecule has 0 unspecified atom stereocenters. The molecule has 1 heterocycles.